The van der Waals surface area contributed by atoms with Gasteiger partial charge < -0.3 is 9.26 Å². The quantitative estimate of drug-likeness (QED) is 0.802. The highest BCUT2D eigenvalue weighted by Gasteiger charge is 2.18. The number of ether oxygens (including phenoxy) is 1. The molecule has 2 rings (SSSR count). The standard InChI is InChI=1S/C11H8ClFN2O3/c1-2-17-11(16)9-14-10(18-15-9)7-4-3-6(13)5-8(7)12/h3-5H,2H2,1H3. The van der Waals surface area contributed by atoms with Gasteiger partial charge in [-0.1, -0.05) is 11.6 Å². The Morgan fingerprint density at radius 2 is 2.33 bits per heavy atom. The highest BCUT2D eigenvalue weighted by atomic mass is 35.5. The molecule has 0 saturated carbocycles. The third-order valence-corrected chi connectivity index (χ3v) is 2.36. The van der Waals surface area contributed by atoms with Crippen molar-refractivity contribution in [2.24, 2.45) is 0 Å². The molecule has 0 aliphatic carbocycles. The van der Waals surface area contributed by atoms with E-state index in [2.05, 4.69) is 10.1 Å². The van der Waals surface area contributed by atoms with Gasteiger partial charge in [-0.15, -0.1) is 0 Å². The molecule has 0 spiro atoms. The second-order valence-electron chi connectivity index (χ2n) is 3.27. The number of nitrogens with zero attached hydrogens (tertiary/aromatic N) is 2. The number of carbonyl (C=O) groups is 1. The molecular weight excluding hydrogens is 263 g/mol. The maximum absolute atomic E-state index is 12.9. The van der Waals surface area contributed by atoms with Crippen LogP contribution in [0.25, 0.3) is 11.5 Å². The first-order chi connectivity index (χ1) is 8.61. The van der Waals surface area contributed by atoms with Crippen LogP contribution >= 0.6 is 11.6 Å². The van der Waals surface area contributed by atoms with Crippen molar-refractivity contribution in [2.45, 2.75) is 6.92 Å². The first kappa shape index (κ1) is 12.5. The minimum absolute atomic E-state index is 0.0306. The highest BCUT2D eigenvalue weighted by molar-refractivity contribution is 6.33. The number of rotatable bonds is 3. The van der Waals surface area contributed by atoms with Crippen LogP contribution in [0.2, 0.25) is 5.02 Å². The molecule has 94 valence electrons. The monoisotopic (exact) mass is 270 g/mol. The van der Waals surface area contributed by atoms with Crippen molar-refractivity contribution >= 4 is 17.6 Å². The number of benzene rings is 1. The Balaban J connectivity index is 2.32. The van der Waals surface area contributed by atoms with Crippen molar-refractivity contribution in [2.75, 3.05) is 6.61 Å². The fourth-order valence-corrected chi connectivity index (χ4v) is 1.52. The summed E-state index contributed by atoms with van der Waals surface area (Å²) in [6.07, 6.45) is 0. The number of halogens is 2. The van der Waals surface area contributed by atoms with Gasteiger partial charge >= 0.3 is 5.97 Å². The van der Waals surface area contributed by atoms with Crippen LogP contribution in [0.5, 0.6) is 0 Å². The minimum Gasteiger partial charge on any atom is -0.460 e. The second-order valence-corrected chi connectivity index (χ2v) is 3.67. The fourth-order valence-electron chi connectivity index (χ4n) is 1.27. The van der Waals surface area contributed by atoms with Crippen LogP contribution in [0.3, 0.4) is 0 Å². The van der Waals surface area contributed by atoms with E-state index >= 15 is 0 Å². The zero-order chi connectivity index (χ0) is 13.1. The number of esters is 1. The second kappa shape index (κ2) is 5.14. The van der Waals surface area contributed by atoms with Gasteiger partial charge in [0, 0.05) is 0 Å². The number of carbonyl (C=O) groups excluding carboxylic acids is 1. The van der Waals surface area contributed by atoms with Gasteiger partial charge in [0.2, 0.25) is 0 Å². The van der Waals surface area contributed by atoms with Gasteiger partial charge in [0.15, 0.2) is 0 Å². The molecule has 0 aliphatic heterocycles. The minimum atomic E-state index is -0.689. The Morgan fingerprint density at radius 1 is 1.56 bits per heavy atom. The predicted molar refractivity (Wildman–Crippen MR) is 60.7 cm³/mol. The maximum atomic E-state index is 12.9. The van der Waals surface area contributed by atoms with Gasteiger partial charge in [0.1, 0.15) is 5.82 Å². The Kier molecular flexibility index (Phi) is 3.57. The number of hydrogen-bond donors (Lipinski definition) is 0. The molecule has 0 fully saturated rings. The average molecular weight is 271 g/mol. The van der Waals surface area contributed by atoms with Crippen molar-refractivity contribution in [1.82, 2.24) is 10.1 Å². The van der Waals surface area contributed by atoms with Crippen LogP contribution in [-0.2, 0) is 4.74 Å². The van der Waals surface area contributed by atoms with E-state index < -0.39 is 11.8 Å². The lowest BCUT2D eigenvalue weighted by Gasteiger charge is -1.97. The van der Waals surface area contributed by atoms with Crippen molar-refractivity contribution in [3.8, 4) is 11.5 Å². The summed E-state index contributed by atoms with van der Waals surface area (Å²) in [5.41, 5.74) is 0.348. The summed E-state index contributed by atoms with van der Waals surface area (Å²) in [4.78, 5) is 15.2. The molecule has 18 heavy (non-hydrogen) atoms. The lowest BCUT2D eigenvalue weighted by molar-refractivity contribution is 0.0508. The summed E-state index contributed by atoms with van der Waals surface area (Å²) < 4.78 is 22.5. The van der Waals surface area contributed by atoms with Crippen LogP contribution in [0, 0.1) is 5.82 Å². The third-order valence-electron chi connectivity index (χ3n) is 2.05. The largest absolute Gasteiger partial charge is 0.460 e. The van der Waals surface area contributed by atoms with Crippen LogP contribution in [0.1, 0.15) is 17.5 Å². The molecular formula is C11H8ClFN2O3. The van der Waals surface area contributed by atoms with E-state index in [4.69, 9.17) is 20.9 Å². The van der Waals surface area contributed by atoms with Crippen molar-refractivity contribution in [3.05, 3.63) is 34.9 Å². The van der Waals surface area contributed by atoms with Gasteiger partial charge in [0.05, 0.1) is 17.2 Å². The Labute approximate surface area is 107 Å². The fraction of sp³-hybridized carbons (Fsp3) is 0.182. The van der Waals surface area contributed by atoms with Crippen LogP contribution in [0.15, 0.2) is 22.7 Å². The van der Waals surface area contributed by atoms with E-state index in [-0.39, 0.29) is 23.3 Å². The lowest BCUT2D eigenvalue weighted by Crippen LogP contribution is -2.06. The predicted octanol–water partition coefficient (Wildman–Crippen LogP) is 2.71. The Morgan fingerprint density at radius 3 is 3.00 bits per heavy atom. The highest BCUT2D eigenvalue weighted by Crippen LogP contribution is 2.27. The van der Waals surface area contributed by atoms with Gasteiger partial charge in [-0.05, 0) is 30.3 Å². The molecule has 0 aliphatic rings. The van der Waals surface area contributed by atoms with E-state index in [1.165, 1.54) is 12.1 Å². The molecule has 0 radical (unpaired) electrons. The van der Waals surface area contributed by atoms with Gasteiger partial charge in [-0.3, -0.25) is 0 Å². The summed E-state index contributed by atoms with van der Waals surface area (Å²) in [7, 11) is 0. The third kappa shape index (κ3) is 2.48. The average Bonchev–Trinajstić information content (AvgIpc) is 2.78. The zero-order valence-electron chi connectivity index (χ0n) is 9.31. The molecule has 0 unspecified atom stereocenters. The zero-order valence-corrected chi connectivity index (χ0v) is 10.1. The van der Waals surface area contributed by atoms with E-state index in [9.17, 15) is 9.18 Å². The molecule has 0 N–H and O–H groups in total. The summed E-state index contributed by atoms with van der Waals surface area (Å²) in [6.45, 7) is 1.87. The number of hydrogen-bond acceptors (Lipinski definition) is 5. The van der Waals surface area contributed by atoms with Crippen molar-refractivity contribution in [1.29, 1.82) is 0 Å². The molecule has 7 heteroatoms. The topological polar surface area (TPSA) is 65.2 Å². The van der Waals surface area contributed by atoms with E-state index in [1.807, 2.05) is 0 Å². The van der Waals surface area contributed by atoms with Gasteiger partial charge in [-0.25, -0.2) is 9.18 Å². The van der Waals surface area contributed by atoms with Crippen LogP contribution in [0.4, 0.5) is 4.39 Å². The first-order valence-corrected chi connectivity index (χ1v) is 5.46. The van der Waals surface area contributed by atoms with Gasteiger partial charge in [0.25, 0.3) is 11.7 Å². The Hall–Kier alpha value is -1.95. The van der Waals surface area contributed by atoms with Crippen molar-refractivity contribution in [3.63, 3.8) is 0 Å². The summed E-state index contributed by atoms with van der Waals surface area (Å²) in [5.74, 6) is -1.34. The summed E-state index contributed by atoms with van der Waals surface area (Å²) in [6, 6.07) is 3.71. The number of aromatic nitrogens is 2. The Bertz CT molecular complexity index is 585. The van der Waals surface area contributed by atoms with Crippen LogP contribution in [-0.4, -0.2) is 22.7 Å². The molecule has 1 aromatic carbocycles. The molecule has 0 atom stereocenters. The molecule has 0 bridgehead atoms. The van der Waals surface area contributed by atoms with Gasteiger partial charge in [-0.2, -0.15) is 4.98 Å². The molecule has 1 aromatic heterocycles. The van der Waals surface area contributed by atoms with Crippen LogP contribution < -0.4 is 0 Å². The molecule has 0 saturated heterocycles. The normalized spacial score (nSPS) is 10.4. The summed E-state index contributed by atoms with van der Waals surface area (Å²) in [5, 5.41) is 3.58. The van der Waals surface area contributed by atoms with Crippen molar-refractivity contribution < 1.29 is 18.4 Å². The molecule has 5 nitrogen and oxygen atoms in total. The van der Waals surface area contributed by atoms with E-state index in [0.717, 1.165) is 6.07 Å². The summed E-state index contributed by atoms with van der Waals surface area (Å²) >= 11 is 5.83. The molecule has 0 amide bonds. The lowest BCUT2D eigenvalue weighted by atomic mass is 10.2. The molecule has 1 heterocycles. The SMILES string of the molecule is CCOC(=O)c1noc(-c2ccc(F)cc2Cl)n1. The smallest absolute Gasteiger partial charge is 0.379 e. The maximum Gasteiger partial charge on any atom is 0.379 e. The van der Waals surface area contributed by atoms with E-state index in [1.54, 1.807) is 6.92 Å². The van der Waals surface area contributed by atoms with E-state index in [0.29, 0.717) is 5.56 Å². The first-order valence-electron chi connectivity index (χ1n) is 5.08. The molecule has 2 aromatic rings.